The predicted octanol–water partition coefficient (Wildman–Crippen LogP) is 4.09. The van der Waals surface area contributed by atoms with E-state index in [1.54, 1.807) is 36.3 Å². The van der Waals surface area contributed by atoms with E-state index in [2.05, 4.69) is 21.5 Å². The van der Waals surface area contributed by atoms with Gasteiger partial charge in [-0.3, -0.25) is 19.3 Å². The van der Waals surface area contributed by atoms with E-state index in [0.717, 1.165) is 5.56 Å². The number of benzene rings is 1. The number of carbonyl (C=O) groups is 2. The van der Waals surface area contributed by atoms with Crippen LogP contribution in [0.1, 0.15) is 37.8 Å². The molecule has 3 aromatic rings. The van der Waals surface area contributed by atoms with Crippen LogP contribution in [0.15, 0.2) is 47.8 Å². The maximum absolute atomic E-state index is 14.1. The molecular weight excluding hydrogens is 623 g/mol. The third-order valence-electron chi connectivity index (χ3n) is 8.29. The molecule has 42 heavy (non-hydrogen) atoms. The van der Waals surface area contributed by atoms with Gasteiger partial charge >= 0.3 is 0 Å². The van der Waals surface area contributed by atoms with Crippen LogP contribution in [0.4, 0.5) is 0 Å². The lowest BCUT2D eigenvalue weighted by atomic mass is 9.98. The van der Waals surface area contributed by atoms with E-state index in [9.17, 15) is 23.3 Å². The maximum atomic E-state index is 14.1. The number of hydrogen-bond donors (Lipinski definition) is 1. The van der Waals surface area contributed by atoms with E-state index in [1.165, 1.54) is 23.2 Å². The lowest BCUT2D eigenvalue weighted by Gasteiger charge is -2.29. The first kappa shape index (κ1) is 28.9. The van der Waals surface area contributed by atoms with Crippen LogP contribution in [0.3, 0.4) is 0 Å². The van der Waals surface area contributed by atoms with E-state index in [-0.39, 0.29) is 27.9 Å². The Morgan fingerprint density at radius 2 is 1.81 bits per heavy atom. The fourth-order valence-electron chi connectivity index (χ4n) is 5.58. The summed E-state index contributed by atoms with van der Waals surface area (Å²) in [7, 11) is -2.31. The van der Waals surface area contributed by atoms with E-state index in [1.807, 2.05) is 0 Å². The molecule has 10 nitrogen and oxygen atoms in total. The molecule has 0 radical (unpaired) electrons. The van der Waals surface area contributed by atoms with Crippen molar-refractivity contribution in [2.75, 3.05) is 6.54 Å². The van der Waals surface area contributed by atoms with Crippen LogP contribution in [0.2, 0.25) is 15.1 Å². The van der Waals surface area contributed by atoms with Gasteiger partial charge in [0.15, 0.2) is 9.84 Å². The minimum atomic E-state index is -4.08. The second-order valence-corrected chi connectivity index (χ2v) is 14.6. The van der Waals surface area contributed by atoms with E-state index < -0.39 is 43.9 Å². The van der Waals surface area contributed by atoms with Gasteiger partial charge in [0, 0.05) is 31.5 Å². The molecule has 2 unspecified atom stereocenters. The van der Waals surface area contributed by atoms with Crippen molar-refractivity contribution in [1.29, 1.82) is 5.26 Å². The normalized spacial score (nSPS) is 21.9. The number of halogens is 3. The van der Waals surface area contributed by atoms with Crippen LogP contribution in [-0.2, 0) is 31.9 Å². The minimum absolute atomic E-state index is 0.0272. The Balaban J connectivity index is 1.33. The number of nitrogens with one attached hydrogen (secondary N) is 1. The summed E-state index contributed by atoms with van der Waals surface area (Å²) in [5, 5.41) is 15.9. The highest BCUT2D eigenvalue weighted by Crippen LogP contribution is 2.52. The van der Waals surface area contributed by atoms with Crippen LogP contribution in [0.25, 0.3) is 11.1 Å². The number of carbonyl (C=O) groups excluding carboxylic acids is 2. The number of aryl methyl sites for hydroxylation is 1. The number of hydrogen-bond acceptors (Lipinski definition) is 7. The number of likely N-dealkylation sites (tertiary alicyclic amines) is 1. The summed E-state index contributed by atoms with van der Waals surface area (Å²) in [5.74, 6) is -0.999. The van der Waals surface area contributed by atoms with E-state index in [4.69, 9.17) is 34.8 Å². The average molecular weight is 648 g/mol. The first-order chi connectivity index (χ1) is 19.9. The molecule has 218 valence electrons. The average Bonchev–Trinajstić information content (AvgIpc) is 3.81. The standard InChI is InChI=1S/C28H25Cl3N6O4S/c1-36-13-17(11-34-36)16-2-3-23(20(30)8-16)42(40,41)19-10-22(25(38)35-27(15-32)4-5-27)37(14-19)26(39)28(6-7-28)24-21(31)9-18(29)12-33-24/h2-3,8-9,11-13,19,22H,4-7,10,14H2,1H3,(H,35,38). The van der Waals surface area contributed by atoms with Crippen molar-refractivity contribution in [3.8, 4) is 17.2 Å². The minimum Gasteiger partial charge on any atom is -0.336 e. The molecule has 1 aromatic carbocycles. The highest BCUT2D eigenvalue weighted by molar-refractivity contribution is 7.92. The SMILES string of the molecule is Cn1cc(-c2ccc(S(=O)(=O)C3CC(C(=O)NC4(C#N)CC4)N(C(=O)C4(c5ncc(Cl)cc5Cl)CC4)C3)c(Cl)c2)cn1. The van der Waals surface area contributed by atoms with Gasteiger partial charge in [0.1, 0.15) is 11.6 Å². The molecule has 14 heteroatoms. The Hall–Kier alpha value is -3.17. The Labute approximate surface area is 257 Å². The van der Waals surface area contributed by atoms with Crippen LogP contribution in [0, 0.1) is 11.3 Å². The van der Waals surface area contributed by atoms with Crippen LogP contribution < -0.4 is 5.32 Å². The van der Waals surface area contributed by atoms with Crippen LogP contribution in [-0.4, -0.2) is 63.3 Å². The van der Waals surface area contributed by atoms with Crippen molar-refractivity contribution in [3.05, 3.63) is 63.6 Å². The molecule has 1 N–H and O–H groups in total. The van der Waals surface area contributed by atoms with Crippen molar-refractivity contribution >= 4 is 56.5 Å². The summed E-state index contributed by atoms with van der Waals surface area (Å²) in [4.78, 5) is 33.2. The quantitative estimate of drug-likeness (QED) is 0.408. The highest BCUT2D eigenvalue weighted by Gasteiger charge is 2.59. The Morgan fingerprint density at radius 3 is 2.38 bits per heavy atom. The third kappa shape index (κ3) is 4.94. The van der Waals surface area contributed by atoms with Gasteiger partial charge in [0.2, 0.25) is 11.8 Å². The molecule has 0 bridgehead atoms. The van der Waals surface area contributed by atoms with Gasteiger partial charge in [-0.2, -0.15) is 10.4 Å². The lowest BCUT2D eigenvalue weighted by Crippen LogP contribution is -2.51. The molecule has 0 spiro atoms. The van der Waals surface area contributed by atoms with Crippen molar-refractivity contribution in [1.82, 2.24) is 25.0 Å². The largest absolute Gasteiger partial charge is 0.336 e. The smallest absolute Gasteiger partial charge is 0.244 e. The molecule has 2 atom stereocenters. The number of amides is 2. The summed E-state index contributed by atoms with van der Waals surface area (Å²) in [6.07, 6.45) is 6.53. The number of sulfone groups is 1. The summed E-state index contributed by atoms with van der Waals surface area (Å²) < 4.78 is 29.5. The monoisotopic (exact) mass is 646 g/mol. The summed E-state index contributed by atoms with van der Waals surface area (Å²) >= 11 is 19.0. The molecule has 1 saturated heterocycles. The molecule has 2 aliphatic carbocycles. The summed E-state index contributed by atoms with van der Waals surface area (Å²) in [6, 6.07) is 7.15. The number of nitrogens with zero attached hydrogens (tertiary/aromatic N) is 5. The predicted molar refractivity (Wildman–Crippen MR) is 156 cm³/mol. The van der Waals surface area contributed by atoms with Crippen molar-refractivity contribution in [3.63, 3.8) is 0 Å². The second kappa shape index (κ2) is 10.2. The van der Waals surface area contributed by atoms with Crippen molar-refractivity contribution in [2.45, 2.75) is 59.2 Å². The van der Waals surface area contributed by atoms with Crippen molar-refractivity contribution in [2.24, 2.45) is 7.05 Å². The zero-order chi connectivity index (χ0) is 30.0. The van der Waals surface area contributed by atoms with Crippen molar-refractivity contribution < 1.29 is 18.0 Å². The topological polar surface area (TPSA) is 138 Å². The fourth-order valence-corrected chi connectivity index (χ4v) is 8.39. The molecule has 3 fully saturated rings. The zero-order valence-corrected chi connectivity index (χ0v) is 25.4. The van der Waals surface area contributed by atoms with Crippen LogP contribution >= 0.6 is 34.8 Å². The van der Waals surface area contributed by atoms with Gasteiger partial charge in [-0.05, 0) is 55.9 Å². The lowest BCUT2D eigenvalue weighted by molar-refractivity contribution is -0.140. The number of pyridine rings is 1. The number of aromatic nitrogens is 3. The molecule has 6 rings (SSSR count). The van der Waals surface area contributed by atoms with Gasteiger partial charge in [0.05, 0.1) is 48.6 Å². The molecule has 2 aromatic heterocycles. The number of rotatable bonds is 7. The zero-order valence-electron chi connectivity index (χ0n) is 22.3. The molecule has 3 heterocycles. The molecule has 2 amide bonds. The van der Waals surface area contributed by atoms with E-state index in [0.29, 0.717) is 42.0 Å². The van der Waals surface area contributed by atoms with Crippen LogP contribution in [0.5, 0.6) is 0 Å². The molecule has 2 saturated carbocycles. The van der Waals surface area contributed by atoms with Gasteiger partial charge in [-0.1, -0.05) is 40.9 Å². The second-order valence-electron chi connectivity index (χ2n) is 11.2. The fraction of sp³-hybridized carbons (Fsp3) is 0.393. The molecule has 1 aliphatic heterocycles. The number of nitriles is 1. The Bertz CT molecular complexity index is 1780. The molecule has 3 aliphatic rings. The van der Waals surface area contributed by atoms with Gasteiger partial charge in [-0.15, -0.1) is 0 Å². The van der Waals surface area contributed by atoms with E-state index >= 15 is 0 Å². The highest BCUT2D eigenvalue weighted by atomic mass is 35.5. The van der Waals surface area contributed by atoms with Gasteiger partial charge < -0.3 is 10.2 Å². The maximum Gasteiger partial charge on any atom is 0.244 e. The summed E-state index contributed by atoms with van der Waals surface area (Å²) in [5.41, 5.74) is -0.273. The Morgan fingerprint density at radius 1 is 1.07 bits per heavy atom. The third-order valence-corrected chi connectivity index (χ3v) is 11.4. The molecular formula is C28H25Cl3N6O4S. The first-order valence-electron chi connectivity index (χ1n) is 13.3. The van der Waals surface area contributed by atoms with Gasteiger partial charge in [-0.25, -0.2) is 8.42 Å². The first-order valence-corrected chi connectivity index (χ1v) is 16.0. The Kier molecular flexibility index (Phi) is 7.04. The summed E-state index contributed by atoms with van der Waals surface area (Å²) in [6.45, 7) is -0.230. The van der Waals surface area contributed by atoms with Gasteiger partial charge in [0.25, 0.3) is 0 Å².